The van der Waals surface area contributed by atoms with Crippen molar-refractivity contribution in [3.05, 3.63) is 95.0 Å². The fourth-order valence-corrected chi connectivity index (χ4v) is 3.04. The van der Waals surface area contributed by atoms with Crippen LogP contribution in [-0.4, -0.2) is 18.4 Å². The molecule has 0 aliphatic rings. The lowest BCUT2D eigenvalue weighted by Crippen LogP contribution is -2.30. The third-order valence-electron chi connectivity index (χ3n) is 4.39. The van der Waals surface area contributed by atoms with E-state index in [0.717, 1.165) is 5.56 Å². The number of carbonyl (C=O) groups excluding carboxylic acids is 2. The standard InChI is InChI=1S/C23H22ClN3O2/c1-16(17-8-7-9-18(24)14-17)25-15-22(28)27-21-13-6-5-12-20(21)23(29)26-19-10-3-2-4-11-19/h2-14,16,25H,15H2,1H3,(H,26,29)(H,27,28)/t16-/m0/s1. The Kier molecular flexibility index (Phi) is 7.00. The summed E-state index contributed by atoms with van der Waals surface area (Å²) < 4.78 is 0. The highest BCUT2D eigenvalue weighted by Crippen LogP contribution is 2.19. The SMILES string of the molecule is C[C@H](NCC(=O)Nc1ccccc1C(=O)Nc1ccccc1)c1cccc(Cl)c1. The summed E-state index contributed by atoms with van der Waals surface area (Å²) in [7, 11) is 0. The van der Waals surface area contributed by atoms with Crippen molar-refractivity contribution in [1.82, 2.24) is 5.32 Å². The van der Waals surface area contributed by atoms with Crippen molar-refractivity contribution in [2.45, 2.75) is 13.0 Å². The smallest absolute Gasteiger partial charge is 0.257 e. The van der Waals surface area contributed by atoms with Gasteiger partial charge in [0.15, 0.2) is 0 Å². The van der Waals surface area contributed by atoms with Crippen LogP contribution in [0.1, 0.15) is 28.9 Å². The van der Waals surface area contributed by atoms with Gasteiger partial charge in [-0.1, -0.05) is 54.1 Å². The number of rotatable bonds is 7. The molecule has 3 aromatic rings. The summed E-state index contributed by atoms with van der Waals surface area (Å²) in [5, 5.41) is 9.45. The molecular formula is C23H22ClN3O2. The first-order valence-corrected chi connectivity index (χ1v) is 9.65. The lowest BCUT2D eigenvalue weighted by Gasteiger charge is -2.15. The van der Waals surface area contributed by atoms with Crippen molar-refractivity contribution in [1.29, 1.82) is 0 Å². The van der Waals surface area contributed by atoms with Gasteiger partial charge in [0, 0.05) is 16.8 Å². The fraction of sp³-hybridized carbons (Fsp3) is 0.130. The van der Waals surface area contributed by atoms with E-state index in [0.29, 0.717) is 22.0 Å². The number of hydrogen-bond donors (Lipinski definition) is 3. The molecule has 0 saturated carbocycles. The van der Waals surface area contributed by atoms with Crippen molar-refractivity contribution in [2.75, 3.05) is 17.2 Å². The molecule has 5 nitrogen and oxygen atoms in total. The van der Waals surface area contributed by atoms with E-state index in [1.807, 2.05) is 49.4 Å². The molecule has 0 spiro atoms. The van der Waals surface area contributed by atoms with Gasteiger partial charge in [-0.2, -0.15) is 0 Å². The Morgan fingerprint density at radius 2 is 1.62 bits per heavy atom. The molecular weight excluding hydrogens is 386 g/mol. The number of halogens is 1. The monoisotopic (exact) mass is 407 g/mol. The Morgan fingerprint density at radius 3 is 2.38 bits per heavy atom. The summed E-state index contributed by atoms with van der Waals surface area (Å²) in [6, 6.07) is 23.5. The second-order valence-electron chi connectivity index (χ2n) is 6.57. The van der Waals surface area contributed by atoms with Gasteiger partial charge >= 0.3 is 0 Å². The number of nitrogens with one attached hydrogen (secondary N) is 3. The zero-order chi connectivity index (χ0) is 20.6. The Morgan fingerprint density at radius 1 is 0.897 bits per heavy atom. The Hall–Kier alpha value is -3.15. The summed E-state index contributed by atoms with van der Waals surface area (Å²) in [5.41, 5.74) is 2.54. The molecule has 6 heteroatoms. The van der Waals surface area contributed by atoms with E-state index in [1.54, 1.807) is 36.4 Å². The van der Waals surface area contributed by atoms with Crippen molar-refractivity contribution in [2.24, 2.45) is 0 Å². The summed E-state index contributed by atoms with van der Waals surface area (Å²) in [6.45, 7) is 2.06. The molecule has 3 rings (SSSR count). The normalized spacial score (nSPS) is 11.5. The number of anilines is 2. The van der Waals surface area contributed by atoms with Gasteiger partial charge in [0.1, 0.15) is 0 Å². The van der Waals surface area contributed by atoms with E-state index >= 15 is 0 Å². The quantitative estimate of drug-likeness (QED) is 0.522. The largest absolute Gasteiger partial charge is 0.324 e. The predicted molar refractivity (Wildman–Crippen MR) is 117 cm³/mol. The molecule has 3 N–H and O–H groups in total. The molecule has 0 saturated heterocycles. The maximum absolute atomic E-state index is 12.6. The zero-order valence-corrected chi connectivity index (χ0v) is 16.7. The summed E-state index contributed by atoms with van der Waals surface area (Å²) in [5.74, 6) is -0.522. The van der Waals surface area contributed by atoms with Crippen LogP contribution in [0.2, 0.25) is 5.02 Å². The van der Waals surface area contributed by atoms with E-state index in [4.69, 9.17) is 11.6 Å². The molecule has 2 amide bonds. The lowest BCUT2D eigenvalue weighted by atomic mass is 10.1. The lowest BCUT2D eigenvalue weighted by molar-refractivity contribution is -0.115. The molecule has 148 valence electrons. The average Bonchev–Trinajstić information content (AvgIpc) is 2.73. The number of benzene rings is 3. The van der Waals surface area contributed by atoms with E-state index in [9.17, 15) is 9.59 Å². The van der Waals surface area contributed by atoms with Crippen LogP contribution in [-0.2, 0) is 4.79 Å². The number of carbonyl (C=O) groups is 2. The molecule has 0 bridgehead atoms. The average molecular weight is 408 g/mol. The molecule has 0 heterocycles. The third-order valence-corrected chi connectivity index (χ3v) is 4.63. The first kappa shape index (κ1) is 20.6. The maximum atomic E-state index is 12.6. The highest BCUT2D eigenvalue weighted by Gasteiger charge is 2.14. The first-order chi connectivity index (χ1) is 14.0. The first-order valence-electron chi connectivity index (χ1n) is 9.27. The van der Waals surface area contributed by atoms with Crippen LogP contribution in [0.5, 0.6) is 0 Å². The summed E-state index contributed by atoms with van der Waals surface area (Å²) in [4.78, 5) is 25.0. The van der Waals surface area contributed by atoms with Crippen LogP contribution in [0, 0.1) is 0 Å². The van der Waals surface area contributed by atoms with Crippen molar-refractivity contribution in [3.63, 3.8) is 0 Å². The van der Waals surface area contributed by atoms with Crippen LogP contribution in [0.15, 0.2) is 78.9 Å². The summed E-state index contributed by atoms with van der Waals surface area (Å²) >= 11 is 6.02. The predicted octanol–water partition coefficient (Wildman–Crippen LogP) is 4.88. The Bertz CT molecular complexity index is 992. The van der Waals surface area contributed by atoms with Gasteiger partial charge in [-0.3, -0.25) is 9.59 Å². The van der Waals surface area contributed by atoms with E-state index in [1.165, 1.54) is 0 Å². The summed E-state index contributed by atoms with van der Waals surface area (Å²) in [6.07, 6.45) is 0. The number of amides is 2. The van der Waals surface area contributed by atoms with Gasteiger partial charge in [-0.05, 0) is 48.9 Å². The Labute approximate surface area is 175 Å². The molecule has 29 heavy (non-hydrogen) atoms. The van der Waals surface area contributed by atoms with Gasteiger partial charge in [-0.25, -0.2) is 0 Å². The van der Waals surface area contributed by atoms with Gasteiger partial charge in [-0.15, -0.1) is 0 Å². The van der Waals surface area contributed by atoms with Crippen LogP contribution >= 0.6 is 11.6 Å². The fourth-order valence-electron chi connectivity index (χ4n) is 2.84. The molecule has 3 aromatic carbocycles. The molecule has 0 radical (unpaired) electrons. The second kappa shape index (κ2) is 9.87. The zero-order valence-electron chi connectivity index (χ0n) is 16.0. The van der Waals surface area contributed by atoms with E-state index in [-0.39, 0.29) is 24.4 Å². The van der Waals surface area contributed by atoms with Gasteiger partial charge in [0.05, 0.1) is 17.8 Å². The number of para-hydroxylation sites is 2. The molecule has 0 unspecified atom stereocenters. The highest BCUT2D eigenvalue weighted by atomic mass is 35.5. The van der Waals surface area contributed by atoms with Gasteiger partial charge in [0.25, 0.3) is 5.91 Å². The van der Waals surface area contributed by atoms with Crippen molar-refractivity contribution >= 4 is 34.8 Å². The van der Waals surface area contributed by atoms with E-state index < -0.39 is 0 Å². The molecule has 1 atom stereocenters. The third kappa shape index (κ3) is 5.91. The highest BCUT2D eigenvalue weighted by molar-refractivity contribution is 6.30. The van der Waals surface area contributed by atoms with Crippen LogP contribution in [0.4, 0.5) is 11.4 Å². The number of hydrogen-bond acceptors (Lipinski definition) is 3. The minimum atomic E-state index is -0.285. The molecule has 0 aliphatic carbocycles. The maximum Gasteiger partial charge on any atom is 0.257 e. The van der Waals surface area contributed by atoms with Crippen LogP contribution in [0.25, 0.3) is 0 Å². The van der Waals surface area contributed by atoms with Gasteiger partial charge < -0.3 is 16.0 Å². The molecule has 0 fully saturated rings. The topological polar surface area (TPSA) is 70.2 Å². The Balaban J connectivity index is 1.61. The van der Waals surface area contributed by atoms with Crippen molar-refractivity contribution < 1.29 is 9.59 Å². The van der Waals surface area contributed by atoms with Crippen LogP contribution < -0.4 is 16.0 Å². The van der Waals surface area contributed by atoms with Crippen LogP contribution in [0.3, 0.4) is 0 Å². The molecule has 0 aromatic heterocycles. The molecule has 0 aliphatic heterocycles. The second-order valence-corrected chi connectivity index (χ2v) is 7.01. The minimum Gasteiger partial charge on any atom is -0.324 e. The minimum absolute atomic E-state index is 0.0453. The van der Waals surface area contributed by atoms with Crippen molar-refractivity contribution in [3.8, 4) is 0 Å². The van der Waals surface area contributed by atoms with Gasteiger partial charge in [0.2, 0.25) is 5.91 Å². The van der Waals surface area contributed by atoms with E-state index in [2.05, 4.69) is 16.0 Å².